The van der Waals surface area contributed by atoms with Crippen LogP contribution in [0.5, 0.6) is 5.75 Å². The predicted octanol–water partition coefficient (Wildman–Crippen LogP) is 2.37. The fraction of sp³-hybridized carbons (Fsp3) is 0.500. The first-order valence-electron chi connectivity index (χ1n) is 5.33. The van der Waals surface area contributed by atoms with E-state index >= 15 is 0 Å². The molecule has 0 aliphatic rings. The third-order valence-electron chi connectivity index (χ3n) is 2.83. The number of aliphatic hydroxyl groups excluding tert-OH is 1. The van der Waals surface area contributed by atoms with Crippen LogP contribution in [0.25, 0.3) is 0 Å². The van der Waals surface area contributed by atoms with E-state index in [1.807, 2.05) is 13.0 Å². The molecule has 0 aliphatic carbocycles. The highest BCUT2D eigenvalue weighted by atomic mass is 35.5. The predicted molar refractivity (Wildman–Crippen MR) is 65.8 cm³/mol. The second-order valence-electron chi connectivity index (χ2n) is 3.77. The molecule has 2 unspecified atom stereocenters. The maximum Gasteiger partial charge on any atom is 0.137 e. The Hall–Kier alpha value is -0.770. The van der Waals surface area contributed by atoms with Gasteiger partial charge in [0.15, 0.2) is 0 Å². The van der Waals surface area contributed by atoms with Crippen molar-refractivity contribution < 1.29 is 9.84 Å². The van der Waals surface area contributed by atoms with Crippen molar-refractivity contribution in [2.75, 3.05) is 13.7 Å². The van der Waals surface area contributed by atoms with Gasteiger partial charge >= 0.3 is 0 Å². The van der Waals surface area contributed by atoms with Crippen LogP contribution in [0.4, 0.5) is 0 Å². The lowest BCUT2D eigenvalue weighted by molar-refractivity contribution is 0.200. The summed E-state index contributed by atoms with van der Waals surface area (Å²) < 4.78 is 5.07. The molecule has 3 N–H and O–H groups in total. The minimum atomic E-state index is -0.196. The highest BCUT2D eigenvalue weighted by Crippen LogP contribution is 2.30. The van der Waals surface area contributed by atoms with Crippen LogP contribution < -0.4 is 10.5 Å². The largest absolute Gasteiger partial charge is 0.495 e. The molecule has 0 amide bonds. The second-order valence-corrected chi connectivity index (χ2v) is 4.18. The highest BCUT2D eigenvalue weighted by Gasteiger charge is 2.17. The first-order chi connectivity index (χ1) is 7.63. The Morgan fingerprint density at radius 2 is 2.19 bits per heavy atom. The average Bonchev–Trinajstić information content (AvgIpc) is 2.30. The normalized spacial score (nSPS) is 14.6. The smallest absolute Gasteiger partial charge is 0.137 e. The van der Waals surface area contributed by atoms with Gasteiger partial charge in [-0.2, -0.15) is 0 Å². The Labute approximate surface area is 101 Å². The third kappa shape index (κ3) is 2.88. The van der Waals surface area contributed by atoms with Gasteiger partial charge in [-0.05, 0) is 24.1 Å². The van der Waals surface area contributed by atoms with Gasteiger partial charge < -0.3 is 15.6 Å². The Bertz CT molecular complexity index is 340. The van der Waals surface area contributed by atoms with Gasteiger partial charge in [-0.1, -0.05) is 24.6 Å². The summed E-state index contributed by atoms with van der Waals surface area (Å²) >= 11 is 6.02. The molecule has 4 heteroatoms. The molecule has 0 aromatic heterocycles. The summed E-state index contributed by atoms with van der Waals surface area (Å²) in [7, 11) is 1.57. The van der Waals surface area contributed by atoms with Gasteiger partial charge in [0.2, 0.25) is 0 Å². The van der Waals surface area contributed by atoms with Crippen LogP contribution in [0.1, 0.15) is 24.9 Å². The van der Waals surface area contributed by atoms with Crippen LogP contribution in [-0.4, -0.2) is 18.8 Å². The molecule has 1 aromatic rings. The minimum absolute atomic E-state index is 0.0597. The molecule has 0 fully saturated rings. The third-order valence-corrected chi connectivity index (χ3v) is 3.12. The molecule has 1 aromatic carbocycles. The lowest BCUT2D eigenvalue weighted by Gasteiger charge is -2.21. The van der Waals surface area contributed by atoms with Crippen molar-refractivity contribution >= 4 is 11.6 Å². The summed E-state index contributed by atoms with van der Waals surface area (Å²) in [6, 6.07) is 5.28. The number of rotatable bonds is 5. The van der Waals surface area contributed by atoms with Gasteiger partial charge in [0.25, 0.3) is 0 Å². The number of benzene rings is 1. The number of nitrogens with two attached hydrogens (primary N) is 1. The zero-order valence-electron chi connectivity index (χ0n) is 9.61. The van der Waals surface area contributed by atoms with Crippen molar-refractivity contribution in [2.45, 2.75) is 19.4 Å². The number of hydrogen-bond acceptors (Lipinski definition) is 3. The Morgan fingerprint density at radius 1 is 1.50 bits per heavy atom. The van der Waals surface area contributed by atoms with Crippen molar-refractivity contribution in [3.05, 3.63) is 28.8 Å². The number of aliphatic hydroxyl groups is 1. The van der Waals surface area contributed by atoms with Crippen molar-refractivity contribution in [1.29, 1.82) is 0 Å². The van der Waals surface area contributed by atoms with Gasteiger partial charge in [-0.25, -0.2) is 0 Å². The molecule has 0 radical (unpaired) electrons. The summed E-state index contributed by atoms with van der Waals surface area (Å²) in [6.07, 6.45) is 0.835. The monoisotopic (exact) mass is 243 g/mol. The van der Waals surface area contributed by atoms with Gasteiger partial charge in [-0.15, -0.1) is 0 Å². The van der Waals surface area contributed by atoms with E-state index in [0.29, 0.717) is 10.8 Å². The standard InChI is InChI=1S/C12H18ClNO2/c1-3-8(7-15)12(14)9-4-5-11(16-2)10(13)6-9/h4-6,8,12,15H,3,7,14H2,1-2H3. The SMILES string of the molecule is CCC(CO)C(N)c1ccc(OC)c(Cl)c1. The van der Waals surface area contributed by atoms with E-state index in [2.05, 4.69) is 0 Å². The molecule has 0 saturated heterocycles. The van der Waals surface area contributed by atoms with Crippen LogP contribution in [0.3, 0.4) is 0 Å². The number of methoxy groups -OCH3 is 1. The summed E-state index contributed by atoms with van der Waals surface area (Å²) in [5.41, 5.74) is 6.98. The van der Waals surface area contributed by atoms with E-state index in [4.69, 9.17) is 22.1 Å². The van der Waals surface area contributed by atoms with E-state index in [-0.39, 0.29) is 18.6 Å². The van der Waals surface area contributed by atoms with Crippen LogP contribution in [-0.2, 0) is 0 Å². The zero-order valence-corrected chi connectivity index (χ0v) is 10.4. The molecule has 1 rings (SSSR count). The van der Waals surface area contributed by atoms with E-state index < -0.39 is 0 Å². The molecule has 0 bridgehead atoms. The van der Waals surface area contributed by atoms with Gasteiger partial charge in [0, 0.05) is 18.6 Å². The van der Waals surface area contributed by atoms with Gasteiger partial charge in [0.05, 0.1) is 12.1 Å². The molecular formula is C12H18ClNO2. The highest BCUT2D eigenvalue weighted by molar-refractivity contribution is 6.32. The Balaban J connectivity index is 2.91. The van der Waals surface area contributed by atoms with Crippen molar-refractivity contribution in [3.8, 4) is 5.75 Å². The lowest BCUT2D eigenvalue weighted by Crippen LogP contribution is -2.23. The van der Waals surface area contributed by atoms with Crippen LogP contribution in [0.15, 0.2) is 18.2 Å². The lowest BCUT2D eigenvalue weighted by atomic mass is 9.92. The topological polar surface area (TPSA) is 55.5 Å². The number of hydrogen-bond donors (Lipinski definition) is 2. The molecule has 16 heavy (non-hydrogen) atoms. The molecular weight excluding hydrogens is 226 g/mol. The molecule has 0 heterocycles. The molecule has 0 saturated carbocycles. The van der Waals surface area contributed by atoms with E-state index in [9.17, 15) is 5.11 Å². The summed E-state index contributed by atoms with van der Waals surface area (Å²) in [5, 5.41) is 9.73. The number of halogens is 1. The fourth-order valence-corrected chi connectivity index (χ4v) is 1.92. The Morgan fingerprint density at radius 3 is 2.62 bits per heavy atom. The minimum Gasteiger partial charge on any atom is -0.495 e. The van der Waals surface area contributed by atoms with Crippen LogP contribution in [0, 0.1) is 5.92 Å². The zero-order chi connectivity index (χ0) is 12.1. The van der Waals surface area contributed by atoms with E-state index in [0.717, 1.165) is 12.0 Å². The molecule has 90 valence electrons. The van der Waals surface area contributed by atoms with E-state index in [1.54, 1.807) is 19.2 Å². The van der Waals surface area contributed by atoms with Crippen LogP contribution >= 0.6 is 11.6 Å². The first kappa shape index (κ1) is 13.3. The van der Waals surface area contributed by atoms with Crippen molar-refractivity contribution in [3.63, 3.8) is 0 Å². The molecule has 2 atom stereocenters. The fourth-order valence-electron chi connectivity index (χ4n) is 1.66. The van der Waals surface area contributed by atoms with Gasteiger partial charge in [0.1, 0.15) is 5.75 Å². The van der Waals surface area contributed by atoms with E-state index in [1.165, 1.54) is 0 Å². The summed E-state index contributed by atoms with van der Waals surface area (Å²) in [5.74, 6) is 0.694. The molecule has 3 nitrogen and oxygen atoms in total. The van der Waals surface area contributed by atoms with Crippen molar-refractivity contribution in [2.24, 2.45) is 11.7 Å². The maximum atomic E-state index is 9.19. The van der Waals surface area contributed by atoms with Crippen molar-refractivity contribution in [1.82, 2.24) is 0 Å². The summed E-state index contributed by atoms with van der Waals surface area (Å²) in [6.45, 7) is 2.09. The molecule has 0 spiro atoms. The van der Waals surface area contributed by atoms with Crippen LogP contribution in [0.2, 0.25) is 5.02 Å². The average molecular weight is 244 g/mol. The number of ether oxygens (including phenoxy) is 1. The maximum absolute atomic E-state index is 9.19. The first-order valence-corrected chi connectivity index (χ1v) is 5.71. The molecule has 0 aliphatic heterocycles. The second kappa shape index (κ2) is 6.09. The van der Waals surface area contributed by atoms with Gasteiger partial charge in [-0.3, -0.25) is 0 Å². The Kier molecular flexibility index (Phi) is 5.06. The quantitative estimate of drug-likeness (QED) is 0.835. The summed E-state index contributed by atoms with van der Waals surface area (Å²) in [4.78, 5) is 0.